The van der Waals surface area contributed by atoms with Crippen LogP contribution in [0.1, 0.15) is 5.56 Å². The van der Waals surface area contributed by atoms with Crippen molar-refractivity contribution in [1.82, 2.24) is 5.32 Å². The molecule has 0 heterocycles. The van der Waals surface area contributed by atoms with E-state index in [4.69, 9.17) is 0 Å². The second kappa shape index (κ2) is 6.65. The number of hydrogen-bond acceptors (Lipinski definition) is 2. The van der Waals surface area contributed by atoms with Crippen LogP contribution >= 0.6 is 0 Å². The van der Waals surface area contributed by atoms with Crippen molar-refractivity contribution in [2.45, 2.75) is 6.54 Å². The standard InChI is InChI=1S/C15H14F2N2O/c16-12-7-4-8-13(15(12)17)18-10-14(20)19-9-11-5-2-1-3-6-11/h1-8,18H,9-10H2,(H,19,20). The maximum Gasteiger partial charge on any atom is 0.239 e. The van der Waals surface area contributed by atoms with Gasteiger partial charge in [-0.3, -0.25) is 4.79 Å². The van der Waals surface area contributed by atoms with E-state index < -0.39 is 11.6 Å². The summed E-state index contributed by atoms with van der Waals surface area (Å²) in [7, 11) is 0. The Bertz CT molecular complexity index is 588. The topological polar surface area (TPSA) is 41.1 Å². The van der Waals surface area contributed by atoms with Crippen LogP contribution in [0.2, 0.25) is 0 Å². The van der Waals surface area contributed by atoms with Gasteiger partial charge in [0.15, 0.2) is 11.6 Å². The molecular formula is C15H14F2N2O. The minimum absolute atomic E-state index is 0.0279. The molecule has 0 aliphatic carbocycles. The van der Waals surface area contributed by atoms with Gasteiger partial charge in [-0.1, -0.05) is 36.4 Å². The van der Waals surface area contributed by atoms with Crippen LogP contribution in [0.3, 0.4) is 0 Å². The van der Waals surface area contributed by atoms with Crippen LogP contribution in [-0.4, -0.2) is 12.5 Å². The lowest BCUT2D eigenvalue weighted by atomic mass is 10.2. The molecule has 0 saturated heterocycles. The Kier molecular flexibility index (Phi) is 4.65. The van der Waals surface area contributed by atoms with E-state index in [1.807, 2.05) is 30.3 Å². The van der Waals surface area contributed by atoms with E-state index in [9.17, 15) is 13.6 Å². The van der Waals surface area contributed by atoms with Gasteiger partial charge in [-0.25, -0.2) is 8.78 Å². The van der Waals surface area contributed by atoms with E-state index >= 15 is 0 Å². The van der Waals surface area contributed by atoms with E-state index in [1.165, 1.54) is 12.1 Å². The highest BCUT2D eigenvalue weighted by molar-refractivity contribution is 5.80. The Morgan fingerprint density at radius 3 is 2.50 bits per heavy atom. The number of halogens is 2. The van der Waals surface area contributed by atoms with Crippen molar-refractivity contribution in [1.29, 1.82) is 0 Å². The van der Waals surface area contributed by atoms with E-state index in [2.05, 4.69) is 10.6 Å². The molecule has 2 aromatic carbocycles. The first-order chi connectivity index (χ1) is 9.66. The SMILES string of the molecule is O=C(CNc1cccc(F)c1F)NCc1ccccc1. The molecule has 2 rings (SSSR count). The van der Waals surface area contributed by atoms with Gasteiger partial charge in [-0.05, 0) is 17.7 Å². The van der Waals surface area contributed by atoms with Gasteiger partial charge in [-0.2, -0.15) is 0 Å². The molecule has 0 unspecified atom stereocenters. The fourth-order valence-electron chi connectivity index (χ4n) is 1.67. The zero-order chi connectivity index (χ0) is 14.4. The summed E-state index contributed by atoms with van der Waals surface area (Å²) in [6, 6.07) is 13.2. The first-order valence-corrected chi connectivity index (χ1v) is 6.15. The van der Waals surface area contributed by atoms with Gasteiger partial charge in [0.2, 0.25) is 5.91 Å². The quantitative estimate of drug-likeness (QED) is 0.881. The molecule has 0 saturated carbocycles. The van der Waals surface area contributed by atoms with Crippen molar-refractivity contribution in [3.8, 4) is 0 Å². The molecule has 3 nitrogen and oxygen atoms in total. The Morgan fingerprint density at radius 2 is 1.75 bits per heavy atom. The van der Waals surface area contributed by atoms with Gasteiger partial charge < -0.3 is 10.6 Å². The van der Waals surface area contributed by atoms with Gasteiger partial charge in [0.05, 0.1) is 12.2 Å². The third kappa shape index (κ3) is 3.78. The number of rotatable bonds is 5. The Morgan fingerprint density at radius 1 is 1.00 bits per heavy atom. The van der Waals surface area contributed by atoms with Crippen LogP contribution in [-0.2, 0) is 11.3 Å². The van der Waals surface area contributed by atoms with Gasteiger partial charge in [-0.15, -0.1) is 0 Å². The molecule has 0 aliphatic heterocycles. The molecule has 2 N–H and O–H groups in total. The van der Waals surface area contributed by atoms with E-state index in [-0.39, 0.29) is 18.1 Å². The smallest absolute Gasteiger partial charge is 0.239 e. The second-order valence-corrected chi connectivity index (χ2v) is 4.22. The van der Waals surface area contributed by atoms with Crippen LogP contribution in [0.4, 0.5) is 14.5 Å². The van der Waals surface area contributed by atoms with Gasteiger partial charge >= 0.3 is 0 Å². The first-order valence-electron chi connectivity index (χ1n) is 6.15. The van der Waals surface area contributed by atoms with Crippen LogP contribution in [0.15, 0.2) is 48.5 Å². The van der Waals surface area contributed by atoms with Crippen LogP contribution in [0.5, 0.6) is 0 Å². The molecule has 0 aliphatic rings. The minimum atomic E-state index is -0.983. The highest BCUT2D eigenvalue weighted by atomic mass is 19.2. The minimum Gasteiger partial charge on any atom is -0.374 e. The second-order valence-electron chi connectivity index (χ2n) is 4.22. The molecule has 0 atom stereocenters. The van der Waals surface area contributed by atoms with E-state index in [0.29, 0.717) is 6.54 Å². The summed E-state index contributed by atoms with van der Waals surface area (Å²) in [5, 5.41) is 5.25. The van der Waals surface area contributed by atoms with Crippen molar-refractivity contribution in [2.75, 3.05) is 11.9 Å². The van der Waals surface area contributed by atoms with Crippen molar-refractivity contribution in [3.05, 3.63) is 65.7 Å². The normalized spacial score (nSPS) is 10.1. The van der Waals surface area contributed by atoms with Gasteiger partial charge in [0, 0.05) is 6.54 Å². The summed E-state index contributed by atoms with van der Waals surface area (Å²) >= 11 is 0. The monoisotopic (exact) mass is 276 g/mol. The highest BCUT2D eigenvalue weighted by Crippen LogP contribution is 2.15. The first kappa shape index (κ1) is 14.0. The number of benzene rings is 2. The lowest BCUT2D eigenvalue weighted by Gasteiger charge is -2.09. The average Bonchev–Trinajstić information content (AvgIpc) is 2.48. The van der Waals surface area contributed by atoms with E-state index in [0.717, 1.165) is 11.6 Å². The summed E-state index contributed by atoms with van der Waals surface area (Å²) < 4.78 is 26.3. The Balaban J connectivity index is 1.82. The number of hydrogen-bond donors (Lipinski definition) is 2. The summed E-state index contributed by atoms with van der Waals surface area (Å²) in [6.07, 6.45) is 0. The van der Waals surface area contributed by atoms with Crippen molar-refractivity contribution >= 4 is 11.6 Å². The van der Waals surface area contributed by atoms with Gasteiger partial charge in [0.25, 0.3) is 0 Å². The molecule has 0 aromatic heterocycles. The summed E-state index contributed by atoms with van der Waals surface area (Å²) in [5.41, 5.74) is 0.942. The average molecular weight is 276 g/mol. The number of carbonyl (C=O) groups is 1. The van der Waals surface area contributed by atoms with E-state index in [1.54, 1.807) is 0 Å². The van der Waals surface area contributed by atoms with Crippen LogP contribution in [0, 0.1) is 11.6 Å². The third-order valence-corrected chi connectivity index (χ3v) is 2.72. The number of carbonyl (C=O) groups excluding carboxylic acids is 1. The lowest BCUT2D eigenvalue weighted by molar-refractivity contribution is -0.119. The fraction of sp³-hybridized carbons (Fsp3) is 0.133. The molecular weight excluding hydrogens is 262 g/mol. The zero-order valence-electron chi connectivity index (χ0n) is 10.7. The predicted molar refractivity (Wildman–Crippen MR) is 73.1 cm³/mol. The van der Waals surface area contributed by atoms with Crippen molar-refractivity contribution < 1.29 is 13.6 Å². The molecule has 104 valence electrons. The summed E-state index contributed by atoms with van der Waals surface area (Å²) in [6.45, 7) is 0.278. The molecule has 1 amide bonds. The molecule has 0 bridgehead atoms. The fourth-order valence-corrected chi connectivity index (χ4v) is 1.67. The summed E-state index contributed by atoms with van der Waals surface area (Å²) in [4.78, 5) is 11.6. The third-order valence-electron chi connectivity index (χ3n) is 2.72. The molecule has 20 heavy (non-hydrogen) atoms. The van der Waals surface area contributed by atoms with Gasteiger partial charge in [0.1, 0.15) is 0 Å². The Hall–Kier alpha value is -2.43. The van der Waals surface area contributed by atoms with Crippen molar-refractivity contribution in [3.63, 3.8) is 0 Å². The summed E-state index contributed by atoms with van der Waals surface area (Å²) in [5.74, 6) is -2.22. The molecule has 0 fully saturated rings. The molecule has 5 heteroatoms. The number of nitrogens with one attached hydrogen (secondary N) is 2. The zero-order valence-corrected chi connectivity index (χ0v) is 10.7. The number of anilines is 1. The maximum absolute atomic E-state index is 13.3. The van der Waals surface area contributed by atoms with Crippen LogP contribution in [0.25, 0.3) is 0 Å². The predicted octanol–water partition coefficient (Wildman–Crippen LogP) is 2.69. The molecule has 0 spiro atoms. The van der Waals surface area contributed by atoms with Crippen LogP contribution < -0.4 is 10.6 Å². The highest BCUT2D eigenvalue weighted by Gasteiger charge is 2.08. The molecule has 2 aromatic rings. The number of amides is 1. The molecule has 0 radical (unpaired) electrons. The van der Waals surface area contributed by atoms with Crippen molar-refractivity contribution in [2.24, 2.45) is 0 Å². The maximum atomic E-state index is 13.3. The lowest BCUT2D eigenvalue weighted by Crippen LogP contribution is -2.29. The Labute approximate surface area is 115 Å². The largest absolute Gasteiger partial charge is 0.374 e.